The van der Waals surface area contributed by atoms with Gasteiger partial charge in [0.05, 0.1) is 11.0 Å². The van der Waals surface area contributed by atoms with E-state index < -0.39 is 4.92 Å². The Bertz CT molecular complexity index is 603. The highest BCUT2D eigenvalue weighted by molar-refractivity contribution is 7.10. The number of aromatic nitrogens is 2. The van der Waals surface area contributed by atoms with E-state index in [1.807, 2.05) is 31.4 Å². The van der Waals surface area contributed by atoms with Crippen molar-refractivity contribution in [2.24, 2.45) is 0 Å². The molecule has 0 amide bonds. The molecule has 2 heterocycles. The minimum absolute atomic E-state index is 0.0578. The van der Waals surface area contributed by atoms with Crippen LogP contribution in [-0.2, 0) is 0 Å². The van der Waals surface area contributed by atoms with Crippen LogP contribution < -0.4 is 10.6 Å². The van der Waals surface area contributed by atoms with Crippen molar-refractivity contribution < 1.29 is 4.92 Å². The molecule has 0 aliphatic carbocycles. The molecule has 0 spiro atoms. The summed E-state index contributed by atoms with van der Waals surface area (Å²) in [6.45, 7) is 4.69. The van der Waals surface area contributed by atoms with Gasteiger partial charge in [0.15, 0.2) is 0 Å². The summed E-state index contributed by atoms with van der Waals surface area (Å²) >= 11 is 1.59. The van der Waals surface area contributed by atoms with Crippen molar-refractivity contribution in [2.45, 2.75) is 26.3 Å². The van der Waals surface area contributed by atoms with Gasteiger partial charge in [-0.2, -0.15) is 4.98 Å². The Hall–Kier alpha value is -2.22. The lowest BCUT2D eigenvalue weighted by atomic mass is 10.2. The number of nitrogens with one attached hydrogen (secondary N) is 2. The summed E-state index contributed by atoms with van der Waals surface area (Å²) in [6, 6.07) is 3.87. The van der Waals surface area contributed by atoms with Gasteiger partial charge in [0, 0.05) is 11.4 Å². The highest BCUT2D eigenvalue weighted by Crippen LogP contribution is 2.28. The predicted octanol–water partition coefficient (Wildman–Crippen LogP) is 3.44. The first kappa shape index (κ1) is 15.2. The summed E-state index contributed by atoms with van der Waals surface area (Å²) in [5.41, 5.74) is -0.125. The lowest BCUT2D eigenvalue weighted by Gasteiger charge is -2.13. The lowest BCUT2D eigenvalue weighted by Crippen LogP contribution is -2.12. The van der Waals surface area contributed by atoms with Crippen LogP contribution >= 0.6 is 11.3 Å². The van der Waals surface area contributed by atoms with Crippen LogP contribution in [0.1, 0.15) is 31.2 Å². The van der Waals surface area contributed by atoms with Gasteiger partial charge >= 0.3 is 5.69 Å². The number of hydrogen-bond acceptors (Lipinski definition) is 7. The summed E-state index contributed by atoms with van der Waals surface area (Å²) in [6.07, 6.45) is 2.16. The Morgan fingerprint density at radius 2 is 2.33 bits per heavy atom. The van der Waals surface area contributed by atoms with Gasteiger partial charge < -0.3 is 10.6 Å². The van der Waals surface area contributed by atoms with Crippen LogP contribution in [0, 0.1) is 10.1 Å². The first-order valence-electron chi connectivity index (χ1n) is 6.67. The minimum atomic E-state index is -0.479. The first-order valence-corrected chi connectivity index (χ1v) is 7.55. The Balaban J connectivity index is 2.23. The predicted molar refractivity (Wildman–Crippen MR) is 83.8 cm³/mol. The Kier molecular flexibility index (Phi) is 5.04. The topological polar surface area (TPSA) is 93.0 Å². The zero-order valence-corrected chi connectivity index (χ0v) is 12.7. The summed E-state index contributed by atoms with van der Waals surface area (Å²) in [5, 5.41) is 19.2. The maximum Gasteiger partial charge on any atom is 0.329 e. The summed E-state index contributed by atoms with van der Waals surface area (Å²) < 4.78 is 0. The maximum atomic E-state index is 11.1. The van der Waals surface area contributed by atoms with Crippen LogP contribution in [0.15, 0.2) is 23.7 Å². The zero-order valence-electron chi connectivity index (χ0n) is 11.9. The summed E-state index contributed by atoms with van der Waals surface area (Å²) in [5.74, 6) is 0.623. The van der Waals surface area contributed by atoms with E-state index in [2.05, 4.69) is 20.6 Å². The second-order valence-electron chi connectivity index (χ2n) is 4.49. The van der Waals surface area contributed by atoms with E-state index in [4.69, 9.17) is 0 Å². The number of nitro groups is 1. The van der Waals surface area contributed by atoms with Crippen LogP contribution in [0.4, 0.5) is 17.5 Å². The average Bonchev–Trinajstić information content (AvgIpc) is 2.99. The number of thiophene rings is 1. The molecule has 0 fully saturated rings. The minimum Gasteiger partial charge on any atom is -0.357 e. The molecular weight excluding hydrogens is 290 g/mol. The smallest absolute Gasteiger partial charge is 0.329 e. The van der Waals surface area contributed by atoms with Gasteiger partial charge in [-0.1, -0.05) is 13.0 Å². The first-order chi connectivity index (χ1) is 10.1. The fourth-order valence-electron chi connectivity index (χ4n) is 1.75. The lowest BCUT2D eigenvalue weighted by molar-refractivity contribution is -0.384. The van der Waals surface area contributed by atoms with Gasteiger partial charge in [-0.3, -0.25) is 10.1 Å². The van der Waals surface area contributed by atoms with Crippen LogP contribution in [0.2, 0.25) is 0 Å². The Morgan fingerprint density at radius 3 is 2.95 bits per heavy atom. The molecule has 1 atom stereocenters. The van der Waals surface area contributed by atoms with Gasteiger partial charge in [-0.15, -0.1) is 11.3 Å². The highest BCUT2D eigenvalue weighted by Gasteiger charge is 2.19. The number of hydrogen-bond donors (Lipinski definition) is 2. The molecule has 0 saturated heterocycles. The summed E-state index contributed by atoms with van der Waals surface area (Å²) in [4.78, 5) is 19.9. The van der Waals surface area contributed by atoms with E-state index >= 15 is 0 Å². The van der Waals surface area contributed by atoms with Gasteiger partial charge in [0.1, 0.15) is 6.20 Å². The van der Waals surface area contributed by atoms with E-state index in [1.54, 1.807) is 11.3 Å². The van der Waals surface area contributed by atoms with Gasteiger partial charge in [0.25, 0.3) is 0 Å². The summed E-state index contributed by atoms with van der Waals surface area (Å²) in [7, 11) is 0. The highest BCUT2D eigenvalue weighted by atomic mass is 32.1. The number of nitrogens with zero attached hydrogens (tertiary/aromatic N) is 3. The molecule has 0 aliphatic heterocycles. The fourth-order valence-corrected chi connectivity index (χ4v) is 2.49. The second kappa shape index (κ2) is 6.98. The average molecular weight is 307 g/mol. The largest absolute Gasteiger partial charge is 0.357 e. The van der Waals surface area contributed by atoms with Gasteiger partial charge in [0.2, 0.25) is 11.8 Å². The van der Waals surface area contributed by atoms with Crippen molar-refractivity contribution in [3.63, 3.8) is 0 Å². The van der Waals surface area contributed by atoms with Crippen LogP contribution in [0.25, 0.3) is 0 Å². The third-order valence-corrected chi connectivity index (χ3v) is 3.88. The monoisotopic (exact) mass is 307 g/mol. The van der Waals surface area contributed by atoms with E-state index in [9.17, 15) is 10.1 Å². The van der Waals surface area contributed by atoms with Crippen molar-refractivity contribution in [1.82, 2.24) is 9.97 Å². The molecule has 2 aromatic heterocycles. The molecule has 0 aliphatic rings. The molecule has 2 aromatic rings. The number of anilines is 2. The van der Waals surface area contributed by atoms with Crippen molar-refractivity contribution in [1.29, 1.82) is 0 Å². The normalized spacial score (nSPS) is 11.9. The molecule has 2 N–H and O–H groups in total. The van der Waals surface area contributed by atoms with Crippen molar-refractivity contribution in [3.05, 3.63) is 38.7 Å². The Labute approximate surface area is 126 Å². The molecule has 2 rings (SSSR count). The molecule has 112 valence electrons. The fraction of sp³-hybridized carbons (Fsp3) is 0.385. The van der Waals surface area contributed by atoms with Gasteiger partial charge in [-0.05, 0) is 24.8 Å². The van der Waals surface area contributed by atoms with Crippen LogP contribution in [-0.4, -0.2) is 21.4 Å². The van der Waals surface area contributed by atoms with Crippen LogP contribution in [0.3, 0.4) is 0 Å². The molecule has 21 heavy (non-hydrogen) atoms. The van der Waals surface area contributed by atoms with Crippen molar-refractivity contribution in [2.75, 3.05) is 17.2 Å². The third-order valence-electron chi connectivity index (χ3n) is 2.82. The zero-order chi connectivity index (χ0) is 15.2. The third kappa shape index (κ3) is 3.88. The maximum absolute atomic E-state index is 11.1. The molecule has 0 radical (unpaired) electrons. The van der Waals surface area contributed by atoms with Gasteiger partial charge in [-0.25, -0.2) is 4.98 Å². The quantitative estimate of drug-likeness (QED) is 0.601. The molecule has 1 unspecified atom stereocenters. The molecule has 8 heteroatoms. The molecule has 7 nitrogen and oxygen atoms in total. The van der Waals surface area contributed by atoms with E-state index in [1.165, 1.54) is 6.20 Å². The number of rotatable bonds is 7. The standard InChI is InChI=1S/C13H17N5O2S/c1-3-6-14-13-15-8-10(18(19)20)12(17-13)16-9(2)11-5-4-7-21-11/h4-5,7-9H,3,6H2,1-2H3,(H2,14,15,16,17). The van der Waals surface area contributed by atoms with Crippen LogP contribution in [0.5, 0.6) is 0 Å². The van der Waals surface area contributed by atoms with E-state index in [-0.39, 0.29) is 17.5 Å². The van der Waals surface area contributed by atoms with E-state index in [0.29, 0.717) is 5.95 Å². The van der Waals surface area contributed by atoms with Crippen molar-refractivity contribution in [3.8, 4) is 0 Å². The molecule has 0 bridgehead atoms. The SMILES string of the molecule is CCCNc1ncc([N+](=O)[O-])c(NC(C)c2cccs2)n1. The van der Waals surface area contributed by atoms with Crippen molar-refractivity contribution >= 4 is 28.8 Å². The molecule has 0 aromatic carbocycles. The Morgan fingerprint density at radius 1 is 1.52 bits per heavy atom. The molecule has 0 saturated carbocycles. The van der Waals surface area contributed by atoms with E-state index in [0.717, 1.165) is 17.8 Å². The molecular formula is C13H17N5O2S. The second-order valence-corrected chi connectivity index (χ2v) is 5.47.